The Bertz CT molecular complexity index is 494. The molecular formula is C19H23N. The molecule has 0 amide bonds. The van der Waals surface area contributed by atoms with E-state index >= 15 is 0 Å². The second kappa shape index (κ2) is 7.70. The minimum absolute atomic E-state index is 0.679. The smallest absolute Gasteiger partial charge is 0.0991 e. The number of hydrogen-bond donors (Lipinski definition) is 0. The van der Waals surface area contributed by atoms with Crippen molar-refractivity contribution in [2.45, 2.75) is 44.9 Å². The molecule has 20 heavy (non-hydrogen) atoms. The molecule has 0 heterocycles. The number of nitrogens with zero attached hydrogens (tertiary/aromatic N) is 1. The van der Waals surface area contributed by atoms with Crippen molar-refractivity contribution in [2.24, 2.45) is 5.92 Å². The van der Waals surface area contributed by atoms with Gasteiger partial charge < -0.3 is 0 Å². The molecule has 0 radical (unpaired) electrons. The van der Waals surface area contributed by atoms with Gasteiger partial charge in [0.15, 0.2) is 0 Å². The molecule has 1 saturated carbocycles. The Labute approximate surface area is 122 Å². The molecule has 0 aliphatic heterocycles. The van der Waals surface area contributed by atoms with Crippen LogP contribution in [0.1, 0.15) is 56.1 Å². The molecule has 1 nitrogen and oxygen atoms in total. The van der Waals surface area contributed by atoms with Gasteiger partial charge in [0.1, 0.15) is 0 Å². The first-order valence-corrected chi connectivity index (χ1v) is 7.67. The zero-order valence-corrected chi connectivity index (χ0v) is 12.3. The van der Waals surface area contributed by atoms with Crippen molar-refractivity contribution in [3.05, 3.63) is 59.7 Å². The second-order valence-electron chi connectivity index (χ2n) is 5.57. The Morgan fingerprint density at radius 3 is 2.40 bits per heavy atom. The van der Waals surface area contributed by atoms with Gasteiger partial charge in [-0.05, 0) is 61.6 Å². The number of allylic oxidation sites excluding steroid dienone is 4. The first-order valence-electron chi connectivity index (χ1n) is 7.67. The summed E-state index contributed by atoms with van der Waals surface area (Å²) in [7, 11) is 0. The number of nitriles is 1. The lowest BCUT2D eigenvalue weighted by molar-refractivity contribution is 0.376. The molecule has 2 rings (SSSR count). The van der Waals surface area contributed by atoms with Gasteiger partial charge in [0.05, 0.1) is 11.6 Å². The molecule has 0 bridgehead atoms. The van der Waals surface area contributed by atoms with E-state index in [-0.39, 0.29) is 0 Å². The van der Waals surface area contributed by atoms with Crippen molar-refractivity contribution in [1.29, 1.82) is 5.26 Å². The third-order valence-electron chi connectivity index (χ3n) is 4.15. The summed E-state index contributed by atoms with van der Waals surface area (Å²) < 4.78 is 0. The molecule has 1 aliphatic rings. The summed E-state index contributed by atoms with van der Waals surface area (Å²) >= 11 is 0. The van der Waals surface area contributed by atoms with E-state index in [0.29, 0.717) is 5.92 Å². The van der Waals surface area contributed by atoms with Crippen molar-refractivity contribution in [3.63, 3.8) is 0 Å². The molecular weight excluding hydrogens is 242 g/mol. The quantitative estimate of drug-likeness (QED) is 0.673. The fourth-order valence-electron chi connectivity index (χ4n) is 2.91. The monoisotopic (exact) mass is 265 g/mol. The Morgan fingerprint density at radius 1 is 1.10 bits per heavy atom. The Hall–Kier alpha value is -1.81. The summed E-state index contributed by atoms with van der Waals surface area (Å²) in [5.41, 5.74) is 2.16. The average molecular weight is 265 g/mol. The predicted molar refractivity (Wildman–Crippen MR) is 84.4 cm³/mol. The normalized spacial score (nSPS) is 23.2. The van der Waals surface area contributed by atoms with E-state index in [1.54, 1.807) is 0 Å². The molecule has 1 heteroatoms. The van der Waals surface area contributed by atoms with Crippen LogP contribution in [0.25, 0.3) is 0 Å². The molecule has 0 N–H and O–H groups in total. The van der Waals surface area contributed by atoms with E-state index < -0.39 is 0 Å². The molecule has 0 unspecified atom stereocenters. The fraction of sp³-hybridized carbons (Fsp3) is 0.421. The van der Waals surface area contributed by atoms with Gasteiger partial charge in [-0.3, -0.25) is 0 Å². The molecule has 1 fully saturated rings. The maximum atomic E-state index is 8.83. The third kappa shape index (κ3) is 4.10. The van der Waals surface area contributed by atoms with E-state index in [9.17, 15) is 0 Å². The summed E-state index contributed by atoms with van der Waals surface area (Å²) in [6, 6.07) is 10.3. The molecule has 1 aromatic carbocycles. The molecule has 0 aromatic heterocycles. The highest BCUT2D eigenvalue weighted by molar-refractivity contribution is 5.33. The van der Waals surface area contributed by atoms with Crippen molar-refractivity contribution in [3.8, 4) is 6.07 Å². The number of benzene rings is 1. The highest BCUT2D eigenvalue weighted by Gasteiger charge is 2.20. The minimum Gasteiger partial charge on any atom is -0.192 e. The standard InChI is InChI=1S/C19H23N/c1-2-3-4-5-6-16-7-11-18(12-8-16)19-13-9-17(15-20)10-14-19/h3-6,9-10,13-14,16,18H,2,7-8,11-12H2,1H3/b4-3+,6-5+. The summed E-state index contributed by atoms with van der Waals surface area (Å²) in [5, 5.41) is 8.83. The highest BCUT2D eigenvalue weighted by Crippen LogP contribution is 2.36. The Kier molecular flexibility index (Phi) is 5.62. The van der Waals surface area contributed by atoms with Gasteiger partial charge in [-0.25, -0.2) is 0 Å². The van der Waals surface area contributed by atoms with Crippen LogP contribution in [0.15, 0.2) is 48.6 Å². The maximum absolute atomic E-state index is 8.83. The Morgan fingerprint density at radius 2 is 1.80 bits per heavy atom. The van der Waals surface area contributed by atoms with Gasteiger partial charge >= 0.3 is 0 Å². The number of rotatable bonds is 4. The van der Waals surface area contributed by atoms with Crippen molar-refractivity contribution in [1.82, 2.24) is 0 Å². The lowest BCUT2D eigenvalue weighted by atomic mass is 9.78. The van der Waals surface area contributed by atoms with E-state index in [4.69, 9.17) is 5.26 Å². The maximum Gasteiger partial charge on any atom is 0.0991 e. The van der Waals surface area contributed by atoms with Crippen LogP contribution < -0.4 is 0 Å². The molecule has 1 aliphatic carbocycles. The van der Waals surface area contributed by atoms with Gasteiger partial charge in [-0.1, -0.05) is 43.4 Å². The van der Waals surface area contributed by atoms with E-state index in [1.807, 2.05) is 12.1 Å². The van der Waals surface area contributed by atoms with Crippen LogP contribution in [0.3, 0.4) is 0 Å². The van der Waals surface area contributed by atoms with Crippen LogP contribution in [0.5, 0.6) is 0 Å². The zero-order chi connectivity index (χ0) is 14.2. The SMILES string of the molecule is CC/C=C/C=C/C1CCC(c2ccc(C#N)cc2)CC1. The first kappa shape index (κ1) is 14.6. The highest BCUT2D eigenvalue weighted by atomic mass is 14.3. The van der Waals surface area contributed by atoms with E-state index in [0.717, 1.165) is 17.9 Å². The second-order valence-corrected chi connectivity index (χ2v) is 5.57. The van der Waals surface area contributed by atoms with Gasteiger partial charge in [-0.2, -0.15) is 5.26 Å². The van der Waals surface area contributed by atoms with Crippen LogP contribution in [-0.4, -0.2) is 0 Å². The van der Waals surface area contributed by atoms with Gasteiger partial charge in [0.25, 0.3) is 0 Å². The van der Waals surface area contributed by atoms with Gasteiger partial charge in [0, 0.05) is 0 Å². The van der Waals surface area contributed by atoms with Gasteiger partial charge in [0.2, 0.25) is 0 Å². The summed E-state index contributed by atoms with van der Waals surface area (Å²) in [6.07, 6.45) is 15.1. The van der Waals surface area contributed by atoms with Crippen LogP contribution in [-0.2, 0) is 0 Å². The molecule has 0 spiro atoms. The van der Waals surface area contributed by atoms with Crippen LogP contribution >= 0.6 is 0 Å². The van der Waals surface area contributed by atoms with E-state index in [1.165, 1.54) is 31.2 Å². The molecule has 104 valence electrons. The molecule has 1 aromatic rings. The number of hydrogen-bond acceptors (Lipinski definition) is 1. The minimum atomic E-state index is 0.679. The molecule has 0 atom stereocenters. The predicted octanol–water partition coefficient (Wildman–Crippen LogP) is 5.35. The summed E-state index contributed by atoms with van der Waals surface area (Å²) in [6.45, 7) is 2.16. The zero-order valence-electron chi connectivity index (χ0n) is 12.3. The van der Waals surface area contributed by atoms with Crippen molar-refractivity contribution >= 4 is 0 Å². The topological polar surface area (TPSA) is 23.8 Å². The van der Waals surface area contributed by atoms with Crippen molar-refractivity contribution in [2.75, 3.05) is 0 Å². The van der Waals surface area contributed by atoms with Gasteiger partial charge in [-0.15, -0.1) is 0 Å². The average Bonchev–Trinajstić information content (AvgIpc) is 2.52. The van der Waals surface area contributed by atoms with Crippen LogP contribution in [0.2, 0.25) is 0 Å². The van der Waals surface area contributed by atoms with Crippen molar-refractivity contribution < 1.29 is 0 Å². The third-order valence-corrected chi connectivity index (χ3v) is 4.15. The lowest BCUT2D eigenvalue weighted by Gasteiger charge is -2.27. The fourth-order valence-corrected chi connectivity index (χ4v) is 2.91. The van der Waals surface area contributed by atoms with Crippen LogP contribution in [0.4, 0.5) is 0 Å². The summed E-state index contributed by atoms with van der Waals surface area (Å²) in [5.74, 6) is 1.42. The van der Waals surface area contributed by atoms with Crippen LogP contribution in [0, 0.1) is 17.2 Å². The van der Waals surface area contributed by atoms with E-state index in [2.05, 4.69) is 49.4 Å². The first-order chi connectivity index (χ1) is 9.83. The Balaban J connectivity index is 1.86. The lowest BCUT2D eigenvalue weighted by Crippen LogP contribution is -2.11. The molecule has 0 saturated heterocycles. The summed E-state index contributed by atoms with van der Waals surface area (Å²) in [4.78, 5) is 0. The largest absolute Gasteiger partial charge is 0.192 e.